The Hall–Kier alpha value is -0.580. The summed E-state index contributed by atoms with van der Waals surface area (Å²) in [5.74, 6) is 5.64. The summed E-state index contributed by atoms with van der Waals surface area (Å²) in [5.41, 5.74) is 4.96. The predicted molar refractivity (Wildman–Crippen MR) is 84.4 cm³/mol. The van der Waals surface area contributed by atoms with Gasteiger partial charge in [-0.3, -0.25) is 11.3 Å². The molecule has 0 aliphatic heterocycles. The zero-order valence-corrected chi connectivity index (χ0v) is 13.1. The first-order chi connectivity index (χ1) is 9.08. The maximum absolute atomic E-state index is 6.02. The molecule has 2 aromatic rings. The summed E-state index contributed by atoms with van der Waals surface area (Å²) in [6.45, 7) is 0. The summed E-state index contributed by atoms with van der Waals surface area (Å²) < 4.78 is 1.05. The highest BCUT2D eigenvalue weighted by Crippen LogP contribution is 2.25. The number of benzene rings is 2. The van der Waals surface area contributed by atoms with Gasteiger partial charge in [-0.25, -0.2) is 0 Å². The molecule has 5 heteroatoms. The molecule has 2 nitrogen and oxygen atoms in total. The molecule has 0 saturated carbocycles. The molecule has 100 valence electrons. The van der Waals surface area contributed by atoms with Crippen molar-refractivity contribution in [3.63, 3.8) is 0 Å². The number of nitrogens with two attached hydrogens (primary N) is 1. The third kappa shape index (κ3) is 4.20. The molecule has 0 radical (unpaired) electrons. The Morgan fingerprint density at radius 3 is 2.16 bits per heavy atom. The molecule has 0 bridgehead atoms. The topological polar surface area (TPSA) is 38.0 Å². The average molecular weight is 360 g/mol. The first-order valence-corrected chi connectivity index (χ1v) is 7.30. The van der Waals surface area contributed by atoms with Crippen LogP contribution >= 0.6 is 39.1 Å². The van der Waals surface area contributed by atoms with Crippen LogP contribution in [0.1, 0.15) is 17.2 Å². The van der Waals surface area contributed by atoms with E-state index < -0.39 is 0 Å². The van der Waals surface area contributed by atoms with Gasteiger partial charge in [0, 0.05) is 14.5 Å². The van der Waals surface area contributed by atoms with Gasteiger partial charge in [0.1, 0.15) is 0 Å². The Kier molecular flexibility index (Phi) is 5.25. The lowest BCUT2D eigenvalue weighted by atomic mass is 9.99. The highest BCUT2D eigenvalue weighted by Gasteiger charge is 2.12. The molecule has 0 aliphatic rings. The Balaban J connectivity index is 2.22. The van der Waals surface area contributed by atoms with Gasteiger partial charge in [-0.15, -0.1) is 0 Å². The average Bonchev–Trinajstić information content (AvgIpc) is 2.37. The van der Waals surface area contributed by atoms with Gasteiger partial charge in [0.15, 0.2) is 0 Å². The van der Waals surface area contributed by atoms with Crippen molar-refractivity contribution in [2.45, 2.75) is 12.5 Å². The number of hydrogen-bond donors (Lipinski definition) is 2. The Morgan fingerprint density at radius 1 is 1.05 bits per heavy atom. The maximum atomic E-state index is 6.02. The Labute approximate surface area is 131 Å². The molecule has 1 atom stereocenters. The monoisotopic (exact) mass is 358 g/mol. The van der Waals surface area contributed by atoms with Gasteiger partial charge in [0.25, 0.3) is 0 Å². The molecule has 2 aromatic carbocycles. The quantitative estimate of drug-likeness (QED) is 0.622. The summed E-state index contributed by atoms with van der Waals surface area (Å²) >= 11 is 15.4. The Bertz CT molecular complexity index is 538. The van der Waals surface area contributed by atoms with E-state index in [0.29, 0.717) is 10.0 Å². The zero-order valence-electron chi connectivity index (χ0n) is 10.0. The second kappa shape index (κ2) is 6.73. The van der Waals surface area contributed by atoms with Gasteiger partial charge in [0.05, 0.1) is 6.04 Å². The van der Waals surface area contributed by atoms with Crippen molar-refractivity contribution in [3.05, 3.63) is 68.1 Å². The minimum Gasteiger partial charge on any atom is -0.271 e. The van der Waals surface area contributed by atoms with Crippen LogP contribution in [0.5, 0.6) is 0 Å². The van der Waals surface area contributed by atoms with E-state index in [4.69, 9.17) is 29.0 Å². The van der Waals surface area contributed by atoms with Crippen LogP contribution in [0.15, 0.2) is 46.9 Å². The standard InChI is InChI=1S/C14H13BrCl2N2/c15-11-3-1-9(2-4-11)5-14(19-18)10-6-12(16)8-13(17)7-10/h1-4,6-8,14,19H,5,18H2. The van der Waals surface area contributed by atoms with E-state index in [1.165, 1.54) is 5.56 Å². The molecule has 0 aromatic heterocycles. The van der Waals surface area contributed by atoms with Gasteiger partial charge in [-0.1, -0.05) is 51.3 Å². The molecule has 0 saturated heterocycles. The lowest BCUT2D eigenvalue weighted by Gasteiger charge is -2.17. The molecule has 0 spiro atoms. The van der Waals surface area contributed by atoms with Crippen LogP contribution in [-0.4, -0.2) is 0 Å². The number of hydrogen-bond acceptors (Lipinski definition) is 2. The summed E-state index contributed by atoms with van der Waals surface area (Å²) in [4.78, 5) is 0. The van der Waals surface area contributed by atoms with Gasteiger partial charge < -0.3 is 0 Å². The molecular weight excluding hydrogens is 347 g/mol. The lowest BCUT2D eigenvalue weighted by molar-refractivity contribution is 0.552. The van der Waals surface area contributed by atoms with Crippen LogP contribution in [0, 0.1) is 0 Å². The molecule has 0 fully saturated rings. The number of nitrogens with one attached hydrogen (secondary N) is 1. The molecule has 3 N–H and O–H groups in total. The molecule has 0 heterocycles. The van der Waals surface area contributed by atoms with Crippen molar-refractivity contribution in [1.29, 1.82) is 0 Å². The van der Waals surface area contributed by atoms with E-state index in [1.807, 2.05) is 24.3 Å². The highest BCUT2D eigenvalue weighted by molar-refractivity contribution is 9.10. The SMILES string of the molecule is NNC(Cc1ccc(Br)cc1)c1cc(Cl)cc(Cl)c1. The summed E-state index contributed by atoms with van der Waals surface area (Å²) in [5, 5.41) is 1.22. The second-order valence-corrected chi connectivity index (χ2v) is 6.04. The van der Waals surface area contributed by atoms with E-state index in [-0.39, 0.29) is 6.04 Å². The number of hydrazine groups is 1. The second-order valence-electron chi connectivity index (χ2n) is 4.25. The lowest BCUT2D eigenvalue weighted by Crippen LogP contribution is -2.29. The first kappa shape index (κ1) is 14.8. The van der Waals surface area contributed by atoms with Crippen LogP contribution in [0.2, 0.25) is 10.0 Å². The third-order valence-electron chi connectivity index (χ3n) is 2.84. The molecule has 0 aliphatic carbocycles. The van der Waals surface area contributed by atoms with Crippen molar-refractivity contribution in [2.24, 2.45) is 5.84 Å². The van der Waals surface area contributed by atoms with E-state index in [9.17, 15) is 0 Å². The molecule has 2 rings (SSSR count). The van der Waals surface area contributed by atoms with E-state index in [0.717, 1.165) is 16.5 Å². The van der Waals surface area contributed by atoms with Gasteiger partial charge in [-0.2, -0.15) is 0 Å². The smallest absolute Gasteiger partial charge is 0.0501 e. The van der Waals surface area contributed by atoms with Crippen molar-refractivity contribution < 1.29 is 0 Å². The predicted octanol–water partition coefficient (Wildman–Crippen LogP) is 4.50. The van der Waals surface area contributed by atoms with Crippen LogP contribution in [-0.2, 0) is 6.42 Å². The van der Waals surface area contributed by atoms with E-state index in [2.05, 4.69) is 33.5 Å². The molecule has 19 heavy (non-hydrogen) atoms. The van der Waals surface area contributed by atoms with Crippen LogP contribution in [0.25, 0.3) is 0 Å². The highest BCUT2D eigenvalue weighted by atomic mass is 79.9. The van der Waals surface area contributed by atoms with E-state index >= 15 is 0 Å². The van der Waals surface area contributed by atoms with Crippen LogP contribution < -0.4 is 11.3 Å². The largest absolute Gasteiger partial charge is 0.271 e. The Morgan fingerprint density at radius 2 is 1.63 bits per heavy atom. The van der Waals surface area contributed by atoms with Crippen molar-refractivity contribution >= 4 is 39.1 Å². The fourth-order valence-corrected chi connectivity index (χ4v) is 2.71. The minimum absolute atomic E-state index is 0.0302. The van der Waals surface area contributed by atoms with Crippen LogP contribution in [0.3, 0.4) is 0 Å². The van der Waals surface area contributed by atoms with Gasteiger partial charge in [0.2, 0.25) is 0 Å². The first-order valence-electron chi connectivity index (χ1n) is 5.75. The summed E-state index contributed by atoms with van der Waals surface area (Å²) in [6.07, 6.45) is 0.764. The van der Waals surface area contributed by atoms with Crippen molar-refractivity contribution in [2.75, 3.05) is 0 Å². The zero-order chi connectivity index (χ0) is 13.8. The third-order valence-corrected chi connectivity index (χ3v) is 3.81. The summed E-state index contributed by atoms with van der Waals surface area (Å²) in [7, 11) is 0. The molecular formula is C14H13BrCl2N2. The fourth-order valence-electron chi connectivity index (χ4n) is 1.91. The molecule has 1 unspecified atom stereocenters. The minimum atomic E-state index is -0.0302. The van der Waals surface area contributed by atoms with E-state index in [1.54, 1.807) is 6.07 Å². The van der Waals surface area contributed by atoms with Crippen LogP contribution in [0.4, 0.5) is 0 Å². The molecule has 0 amide bonds. The number of rotatable bonds is 4. The van der Waals surface area contributed by atoms with Gasteiger partial charge >= 0.3 is 0 Å². The van der Waals surface area contributed by atoms with Gasteiger partial charge in [-0.05, 0) is 47.9 Å². The fraction of sp³-hybridized carbons (Fsp3) is 0.143. The summed E-state index contributed by atoms with van der Waals surface area (Å²) in [6, 6.07) is 13.5. The van der Waals surface area contributed by atoms with Crippen molar-refractivity contribution in [3.8, 4) is 0 Å². The van der Waals surface area contributed by atoms with Crippen molar-refractivity contribution in [1.82, 2.24) is 5.43 Å². The maximum Gasteiger partial charge on any atom is 0.0501 e. The number of halogens is 3. The normalized spacial score (nSPS) is 12.4.